The highest BCUT2D eigenvalue weighted by Gasteiger charge is 2.31. The molecule has 104 valence electrons. The van der Waals surface area contributed by atoms with E-state index in [0.717, 1.165) is 16.7 Å². The highest BCUT2D eigenvalue weighted by atomic mass is 32.2. The number of hydrogen-bond donors (Lipinski definition) is 2. The summed E-state index contributed by atoms with van der Waals surface area (Å²) < 4.78 is 0. The molecule has 7 nitrogen and oxygen atoms in total. The summed E-state index contributed by atoms with van der Waals surface area (Å²) >= 11 is 0.847. The van der Waals surface area contributed by atoms with E-state index in [1.807, 2.05) is 0 Å². The van der Waals surface area contributed by atoms with Crippen molar-refractivity contribution in [3.8, 4) is 0 Å². The van der Waals surface area contributed by atoms with Crippen LogP contribution in [0.2, 0.25) is 0 Å². The largest absolute Gasteiger partial charge is 0.289 e. The molecule has 1 aliphatic rings. The minimum absolute atomic E-state index is 0.0441. The van der Waals surface area contributed by atoms with E-state index in [1.165, 1.54) is 0 Å². The van der Waals surface area contributed by atoms with Crippen LogP contribution in [0.4, 0.5) is 4.79 Å². The molecule has 0 unspecified atom stereocenters. The maximum absolute atomic E-state index is 11.6. The number of thioether (sulfide) groups is 1. The first kappa shape index (κ1) is 14.1. The van der Waals surface area contributed by atoms with Gasteiger partial charge in [-0.1, -0.05) is 30.0 Å². The number of hydrogen-bond acceptors (Lipinski definition) is 5. The van der Waals surface area contributed by atoms with Crippen molar-refractivity contribution in [2.75, 3.05) is 12.3 Å². The minimum atomic E-state index is -0.640. The number of nitrogens with zero attached hydrogens (tertiary/aromatic N) is 1. The Hall–Kier alpha value is -2.35. The lowest BCUT2D eigenvalue weighted by molar-refractivity contribution is -0.130. The van der Waals surface area contributed by atoms with E-state index >= 15 is 0 Å². The molecule has 1 heterocycles. The Kier molecular flexibility index (Phi) is 4.36. The standard InChI is InChI=1S/C12H11N3O4S/c16-9(6-15-10(17)7-20-12(15)19)13-14-11(18)8-4-2-1-3-5-8/h1-5H,6-7H2,(H,13,16)(H,14,18). The topological polar surface area (TPSA) is 95.6 Å². The van der Waals surface area contributed by atoms with Crippen molar-refractivity contribution in [2.24, 2.45) is 0 Å². The van der Waals surface area contributed by atoms with Gasteiger partial charge in [-0.15, -0.1) is 0 Å². The van der Waals surface area contributed by atoms with Crippen LogP contribution in [0.1, 0.15) is 10.4 Å². The molecular weight excluding hydrogens is 282 g/mol. The molecule has 0 bridgehead atoms. The number of hydrazine groups is 1. The van der Waals surface area contributed by atoms with Crippen LogP contribution in [0.25, 0.3) is 0 Å². The number of nitrogens with one attached hydrogen (secondary N) is 2. The molecule has 4 amide bonds. The molecular formula is C12H11N3O4S. The van der Waals surface area contributed by atoms with Gasteiger partial charge in [-0.3, -0.25) is 34.9 Å². The van der Waals surface area contributed by atoms with Gasteiger partial charge in [0.1, 0.15) is 6.54 Å². The molecule has 1 aliphatic heterocycles. The van der Waals surface area contributed by atoms with E-state index in [4.69, 9.17) is 0 Å². The van der Waals surface area contributed by atoms with Gasteiger partial charge in [0.2, 0.25) is 5.91 Å². The number of carbonyl (C=O) groups is 4. The Morgan fingerprint density at radius 2 is 1.85 bits per heavy atom. The van der Waals surface area contributed by atoms with Gasteiger partial charge in [-0.2, -0.15) is 0 Å². The minimum Gasteiger partial charge on any atom is -0.273 e. The second-order valence-corrected chi connectivity index (χ2v) is 4.83. The lowest BCUT2D eigenvalue weighted by atomic mass is 10.2. The summed E-state index contributed by atoms with van der Waals surface area (Å²) in [5.74, 6) is -1.49. The normalized spacial score (nSPS) is 14.3. The summed E-state index contributed by atoms with van der Waals surface area (Å²) in [6, 6.07) is 8.32. The molecule has 0 atom stereocenters. The number of imide groups is 1. The Morgan fingerprint density at radius 3 is 2.45 bits per heavy atom. The third-order valence-corrected chi connectivity index (χ3v) is 3.35. The third kappa shape index (κ3) is 3.35. The Labute approximate surface area is 118 Å². The average molecular weight is 293 g/mol. The molecule has 1 aromatic rings. The van der Waals surface area contributed by atoms with Gasteiger partial charge < -0.3 is 0 Å². The molecule has 8 heteroatoms. The van der Waals surface area contributed by atoms with E-state index in [1.54, 1.807) is 30.3 Å². The van der Waals surface area contributed by atoms with Crippen molar-refractivity contribution < 1.29 is 19.2 Å². The first-order valence-corrected chi connectivity index (χ1v) is 6.68. The van der Waals surface area contributed by atoms with Crippen molar-refractivity contribution in [3.63, 3.8) is 0 Å². The van der Waals surface area contributed by atoms with Crippen molar-refractivity contribution in [1.82, 2.24) is 15.8 Å². The van der Waals surface area contributed by atoms with Gasteiger partial charge in [-0.05, 0) is 12.1 Å². The molecule has 0 aromatic heterocycles. The summed E-state index contributed by atoms with van der Waals surface area (Å²) in [5.41, 5.74) is 4.75. The van der Waals surface area contributed by atoms with Gasteiger partial charge in [0.25, 0.3) is 17.1 Å². The first-order valence-electron chi connectivity index (χ1n) is 5.69. The SMILES string of the molecule is O=C(CN1C(=O)CSC1=O)NNC(=O)c1ccccc1. The number of benzene rings is 1. The first-order chi connectivity index (χ1) is 9.58. The second kappa shape index (κ2) is 6.20. The van der Waals surface area contributed by atoms with Crippen LogP contribution < -0.4 is 10.9 Å². The summed E-state index contributed by atoms with van der Waals surface area (Å²) in [5, 5.41) is -0.459. The molecule has 2 rings (SSSR count). The molecule has 20 heavy (non-hydrogen) atoms. The molecule has 0 saturated carbocycles. The van der Waals surface area contributed by atoms with Crippen molar-refractivity contribution >= 4 is 34.7 Å². The second-order valence-electron chi connectivity index (χ2n) is 3.90. The van der Waals surface area contributed by atoms with Crippen LogP contribution in [-0.4, -0.2) is 40.2 Å². The summed E-state index contributed by atoms with van der Waals surface area (Å²) in [6.07, 6.45) is 0. The summed E-state index contributed by atoms with van der Waals surface area (Å²) in [4.78, 5) is 46.6. The van der Waals surface area contributed by atoms with Crippen LogP contribution in [0, 0.1) is 0 Å². The van der Waals surface area contributed by atoms with Gasteiger partial charge in [0, 0.05) is 5.56 Å². The van der Waals surface area contributed by atoms with Gasteiger partial charge >= 0.3 is 0 Å². The zero-order chi connectivity index (χ0) is 14.5. The fourth-order valence-corrected chi connectivity index (χ4v) is 2.23. The zero-order valence-electron chi connectivity index (χ0n) is 10.3. The monoisotopic (exact) mass is 293 g/mol. The lowest BCUT2D eigenvalue weighted by Gasteiger charge is -2.13. The summed E-state index contributed by atoms with van der Waals surface area (Å²) in [7, 11) is 0. The molecule has 1 fully saturated rings. The maximum atomic E-state index is 11.6. The fourth-order valence-electron chi connectivity index (χ4n) is 1.51. The van der Waals surface area contributed by atoms with Gasteiger partial charge in [0.15, 0.2) is 0 Å². The Bertz CT molecular complexity index is 545. The maximum Gasteiger partial charge on any atom is 0.289 e. The molecule has 0 spiro atoms. The Morgan fingerprint density at radius 1 is 1.15 bits per heavy atom. The van der Waals surface area contributed by atoms with E-state index in [9.17, 15) is 19.2 Å². The predicted octanol–water partition coefficient (Wildman–Crippen LogP) is 0.143. The number of carbonyl (C=O) groups excluding carboxylic acids is 4. The average Bonchev–Trinajstić information content (AvgIpc) is 2.77. The Balaban J connectivity index is 1.82. The number of rotatable bonds is 3. The van der Waals surface area contributed by atoms with Crippen LogP contribution >= 0.6 is 11.8 Å². The van der Waals surface area contributed by atoms with Crippen molar-refractivity contribution in [3.05, 3.63) is 35.9 Å². The van der Waals surface area contributed by atoms with Crippen LogP contribution in [-0.2, 0) is 9.59 Å². The predicted molar refractivity (Wildman–Crippen MR) is 71.6 cm³/mol. The van der Waals surface area contributed by atoms with Gasteiger partial charge in [-0.25, -0.2) is 0 Å². The van der Waals surface area contributed by atoms with E-state index in [-0.39, 0.29) is 5.75 Å². The molecule has 1 saturated heterocycles. The number of amides is 4. The van der Waals surface area contributed by atoms with E-state index in [2.05, 4.69) is 10.9 Å². The van der Waals surface area contributed by atoms with Crippen LogP contribution in [0.15, 0.2) is 30.3 Å². The zero-order valence-corrected chi connectivity index (χ0v) is 11.1. The van der Waals surface area contributed by atoms with Gasteiger partial charge in [0.05, 0.1) is 5.75 Å². The third-order valence-electron chi connectivity index (χ3n) is 2.49. The highest BCUT2D eigenvalue weighted by molar-refractivity contribution is 8.14. The highest BCUT2D eigenvalue weighted by Crippen LogP contribution is 2.17. The fraction of sp³-hybridized carbons (Fsp3) is 0.167. The molecule has 0 aliphatic carbocycles. The van der Waals surface area contributed by atoms with E-state index in [0.29, 0.717) is 5.56 Å². The molecule has 1 aromatic carbocycles. The van der Waals surface area contributed by atoms with Crippen molar-refractivity contribution in [2.45, 2.75) is 0 Å². The quantitative estimate of drug-likeness (QED) is 0.773. The van der Waals surface area contributed by atoms with E-state index < -0.39 is 29.5 Å². The van der Waals surface area contributed by atoms with Crippen molar-refractivity contribution in [1.29, 1.82) is 0 Å². The molecule has 2 N–H and O–H groups in total. The lowest BCUT2D eigenvalue weighted by Crippen LogP contribution is -2.47. The van der Waals surface area contributed by atoms with Crippen LogP contribution in [0.3, 0.4) is 0 Å². The summed E-state index contributed by atoms with van der Waals surface area (Å²) in [6.45, 7) is -0.403. The molecule has 0 radical (unpaired) electrons. The smallest absolute Gasteiger partial charge is 0.273 e. The van der Waals surface area contributed by atoms with Crippen LogP contribution in [0.5, 0.6) is 0 Å².